The van der Waals surface area contributed by atoms with Crippen molar-refractivity contribution in [1.82, 2.24) is 4.90 Å². The van der Waals surface area contributed by atoms with E-state index < -0.39 is 11.7 Å². The van der Waals surface area contributed by atoms with Crippen LogP contribution in [-0.2, 0) is 4.79 Å². The Hall–Kier alpha value is -2.34. The Morgan fingerprint density at radius 1 is 1.14 bits per heavy atom. The lowest BCUT2D eigenvalue weighted by atomic mass is 9.82. The highest BCUT2D eigenvalue weighted by Crippen LogP contribution is 2.39. The number of para-hydroxylation sites is 1. The van der Waals surface area contributed by atoms with Gasteiger partial charge in [0.2, 0.25) is 0 Å². The van der Waals surface area contributed by atoms with Crippen LogP contribution in [0.4, 0.5) is 0 Å². The molecule has 0 N–H and O–H groups in total. The van der Waals surface area contributed by atoms with Crippen molar-refractivity contribution < 1.29 is 19.1 Å². The number of carbonyl (C=O) groups excluding carboxylic acids is 2. The van der Waals surface area contributed by atoms with Crippen LogP contribution < -0.4 is 9.47 Å². The van der Waals surface area contributed by atoms with Crippen molar-refractivity contribution in [1.29, 1.82) is 0 Å². The van der Waals surface area contributed by atoms with E-state index in [1.807, 2.05) is 53.4 Å². The molecule has 5 nitrogen and oxygen atoms in total. The van der Waals surface area contributed by atoms with E-state index in [-0.39, 0.29) is 11.7 Å². The SMILES string of the molecule is CC(Oc1ccc(Br)cc1)C(=O)N1CCC2(CC1)CC(=O)c1ccccc1O2. The minimum Gasteiger partial charge on any atom is -0.486 e. The van der Waals surface area contributed by atoms with E-state index >= 15 is 0 Å². The maximum atomic E-state index is 12.8. The van der Waals surface area contributed by atoms with E-state index in [0.717, 1.165) is 4.47 Å². The van der Waals surface area contributed by atoms with Crippen LogP contribution in [0.15, 0.2) is 53.0 Å². The van der Waals surface area contributed by atoms with Crippen molar-refractivity contribution in [2.45, 2.75) is 37.9 Å². The van der Waals surface area contributed by atoms with E-state index in [2.05, 4.69) is 15.9 Å². The highest BCUT2D eigenvalue weighted by Gasteiger charge is 2.44. The van der Waals surface area contributed by atoms with Crippen LogP contribution in [0.3, 0.4) is 0 Å². The smallest absolute Gasteiger partial charge is 0.263 e. The topological polar surface area (TPSA) is 55.8 Å². The average molecular weight is 444 g/mol. The Bertz CT molecular complexity index is 888. The van der Waals surface area contributed by atoms with Crippen LogP contribution in [-0.4, -0.2) is 41.4 Å². The molecule has 1 amide bonds. The predicted octanol–water partition coefficient (Wildman–Crippen LogP) is 4.24. The standard InChI is InChI=1S/C22H22BrNO4/c1-15(27-17-8-6-16(23)7-9-17)21(26)24-12-10-22(11-13-24)14-19(25)18-4-2-3-5-20(18)28-22/h2-9,15H,10-14H2,1H3. The molecule has 0 bridgehead atoms. The van der Waals surface area contributed by atoms with Crippen LogP contribution >= 0.6 is 15.9 Å². The van der Waals surface area contributed by atoms with Gasteiger partial charge in [-0.3, -0.25) is 9.59 Å². The van der Waals surface area contributed by atoms with Crippen molar-refractivity contribution in [3.05, 3.63) is 58.6 Å². The third-order valence-electron chi connectivity index (χ3n) is 5.46. The number of rotatable bonds is 3. The molecule has 1 spiro atoms. The van der Waals surface area contributed by atoms with Crippen LogP contribution in [0.25, 0.3) is 0 Å². The molecule has 2 aliphatic heterocycles. The van der Waals surface area contributed by atoms with Gasteiger partial charge >= 0.3 is 0 Å². The molecule has 2 aliphatic rings. The van der Waals surface area contributed by atoms with Crippen LogP contribution in [0.1, 0.15) is 36.5 Å². The van der Waals surface area contributed by atoms with Crippen LogP contribution in [0.2, 0.25) is 0 Å². The number of halogens is 1. The molecule has 2 aromatic carbocycles. The molecule has 2 heterocycles. The van der Waals surface area contributed by atoms with E-state index in [0.29, 0.717) is 49.4 Å². The summed E-state index contributed by atoms with van der Waals surface area (Å²) in [4.78, 5) is 27.1. The lowest BCUT2D eigenvalue weighted by molar-refractivity contribution is -0.141. The highest BCUT2D eigenvalue weighted by molar-refractivity contribution is 9.10. The summed E-state index contributed by atoms with van der Waals surface area (Å²) in [6, 6.07) is 14.8. The molecule has 0 aromatic heterocycles. The molecule has 146 valence electrons. The Labute approximate surface area is 172 Å². The summed E-state index contributed by atoms with van der Waals surface area (Å²) in [5.74, 6) is 1.40. The molecule has 6 heteroatoms. The number of fused-ring (bicyclic) bond motifs is 1. The number of piperidine rings is 1. The fraction of sp³-hybridized carbons (Fsp3) is 0.364. The molecule has 28 heavy (non-hydrogen) atoms. The van der Waals surface area contributed by atoms with Gasteiger partial charge in [-0.15, -0.1) is 0 Å². The van der Waals surface area contributed by atoms with Crippen LogP contribution in [0.5, 0.6) is 11.5 Å². The molecule has 1 saturated heterocycles. The van der Waals surface area contributed by atoms with Gasteiger partial charge in [-0.25, -0.2) is 0 Å². The van der Waals surface area contributed by atoms with Gasteiger partial charge in [-0.05, 0) is 43.3 Å². The van der Waals surface area contributed by atoms with E-state index in [1.54, 1.807) is 6.92 Å². The highest BCUT2D eigenvalue weighted by atomic mass is 79.9. The zero-order chi connectivity index (χ0) is 19.7. The largest absolute Gasteiger partial charge is 0.486 e. The number of nitrogens with zero attached hydrogens (tertiary/aromatic N) is 1. The van der Waals surface area contributed by atoms with Gasteiger partial charge < -0.3 is 14.4 Å². The van der Waals surface area contributed by atoms with Crippen molar-refractivity contribution in [2.75, 3.05) is 13.1 Å². The second-order valence-electron chi connectivity index (χ2n) is 7.42. The first-order valence-corrected chi connectivity index (χ1v) is 10.3. The summed E-state index contributed by atoms with van der Waals surface area (Å²) in [5.41, 5.74) is 0.154. The molecule has 0 saturated carbocycles. The Kier molecular flexibility index (Phi) is 5.15. The minimum absolute atomic E-state index is 0.0414. The van der Waals surface area contributed by atoms with E-state index in [9.17, 15) is 9.59 Å². The number of Topliss-reactive ketones (excluding diaryl/α,β-unsaturated/α-hetero) is 1. The minimum atomic E-state index is -0.565. The number of likely N-dealkylation sites (tertiary alicyclic amines) is 1. The van der Waals surface area contributed by atoms with Crippen molar-refractivity contribution in [3.63, 3.8) is 0 Å². The third-order valence-corrected chi connectivity index (χ3v) is 5.99. The maximum Gasteiger partial charge on any atom is 0.263 e. The number of amides is 1. The van der Waals surface area contributed by atoms with Crippen molar-refractivity contribution >= 4 is 27.6 Å². The Morgan fingerprint density at radius 2 is 1.82 bits per heavy atom. The summed E-state index contributed by atoms with van der Waals surface area (Å²) in [7, 11) is 0. The molecule has 2 aromatic rings. The Balaban J connectivity index is 1.38. The van der Waals surface area contributed by atoms with Gasteiger partial charge in [0.25, 0.3) is 5.91 Å². The van der Waals surface area contributed by atoms with Crippen molar-refractivity contribution in [3.8, 4) is 11.5 Å². The molecule has 1 unspecified atom stereocenters. The number of ketones is 1. The van der Waals surface area contributed by atoms with Gasteiger partial charge in [0.05, 0.1) is 12.0 Å². The number of carbonyl (C=O) groups is 2. The summed E-state index contributed by atoms with van der Waals surface area (Å²) >= 11 is 3.39. The summed E-state index contributed by atoms with van der Waals surface area (Å²) in [6.45, 7) is 2.89. The van der Waals surface area contributed by atoms with Crippen molar-refractivity contribution in [2.24, 2.45) is 0 Å². The fourth-order valence-electron chi connectivity index (χ4n) is 3.88. The molecule has 1 fully saturated rings. The summed E-state index contributed by atoms with van der Waals surface area (Å²) in [6.07, 6.45) is 1.09. The summed E-state index contributed by atoms with van der Waals surface area (Å²) in [5, 5.41) is 0. The van der Waals surface area contributed by atoms with Gasteiger partial charge in [0.15, 0.2) is 11.9 Å². The zero-order valence-electron chi connectivity index (χ0n) is 15.7. The second-order valence-corrected chi connectivity index (χ2v) is 8.34. The lowest BCUT2D eigenvalue weighted by Gasteiger charge is -2.44. The fourth-order valence-corrected chi connectivity index (χ4v) is 4.15. The predicted molar refractivity (Wildman–Crippen MR) is 109 cm³/mol. The number of hydrogen-bond donors (Lipinski definition) is 0. The zero-order valence-corrected chi connectivity index (χ0v) is 17.3. The number of hydrogen-bond acceptors (Lipinski definition) is 4. The normalized spacial score (nSPS) is 18.9. The van der Waals surface area contributed by atoms with Gasteiger partial charge in [-0.1, -0.05) is 28.1 Å². The number of benzene rings is 2. The lowest BCUT2D eigenvalue weighted by Crippen LogP contribution is -2.54. The first kappa shape index (κ1) is 19.0. The second kappa shape index (κ2) is 7.59. The molecule has 0 aliphatic carbocycles. The average Bonchev–Trinajstić information content (AvgIpc) is 2.70. The molecule has 4 rings (SSSR count). The maximum absolute atomic E-state index is 12.8. The molecule has 1 atom stereocenters. The first-order chi connectivity index (χ1) is 13.5. The number of ether oxygens (including phenoxy) is 2. The van der Waals surface area contributed by atoms with Gasteiger partial charge in [0.1, 0.15) is 17.1 Å². The molecular weight excluding hydrogens is 422 g/mol. The first-order valence-electron chi connectivity index (χ1n) is 9.48. The van der Waals surface area contributed by atoms with E-state index in [4.69, 9.17) is 9.47 Å². The quantitative estimate of drug-likeness (QED) is 0.711. The Morgan fingerprint density at radius 3 is 2.54 bits per heavy atom. The molecular formula is C22H22BrNO4. The van der Waals surface area contributed by atoms with Gasteiger partial charge in [0, 0.05) is 30.4 Å². The van der Waals surface area contributed by atoms with Gasteiger partial charge in [-0.2, -0.15) is 0 Å². The molecule has 0 radical (unpaired) electrons. The van der Waals surface area contributed by atoms with Crippen LogP contribution in [0, 0.1) is 0 Å². The third kappa shape index (κ3) is 3.78. The monoisotopic (exact) mass is 443 g/mol. The summed E-state index contributed by atoms with van der Waals surface area (Å²) < 4.78 is 13.0. The van der Waals surface area contributed by atoms with E-state index in [1.165, 1.54) is 0 Å².